The van der Waals surface area contributed by atoms with E-state index in [1.165, 1.54) is 12.1 Å². The van der Waals surface area contributed by atoms with Crippen LogP contribution in [0.3, 0.4) is 0 Å². The Kier molecular flexibility index (Phi) is 13.6. The summed E-state index contributed by atoms with van der Waals surface area (Å²) in [5, 5.41) is 19.8. The lowest BCUT2D eigenvalue weighted by Gasteiger charge is -2.47. The van der Waals surface area contributed by atoms with Crippen LogP contribution in [-0.4, -0.2) is 121 Å². The van der Waals surface area contributed by atoms with Crippen LogP contribution >= 0.6 is 11.8 Å². The highest BCUT2D eigenvalue weighted by atomic mass is 32.2. The number of carbonyl (C=O) groups excluding carboxylic acids is 3. The first-order chi connectivity index (χ1) is 23.5. The average molecular weight is 727 g/mol. The van der Waals surface area contributed by atoms with Gasteiger partial charge in [-0.15, -0.1) is 0 Å². The second kappa shape index (κ2) is 16.9. The molecule has 1 amide bonds. The number of halogens is 1. The van der Waals surface area contributed by atoms with Gasteiger partial charge in [0, 0.05) is 43.2 Å². The number of nitrogens with zero attached hydrogens (tertiary/aromatic N) is 1. The van der Waals surface area contributed by atoms with E-state index in [4.69, 9.17) is 23.7 Å². The SMILES string of the molecule is CC[C@H]1OC(=O)SC(=O)[C@H](C)[C@@H](O[C@@H]2OC(CNc3cccc(F)c3)CC(N(C)C)C2O)[C@](C)(OC)C[C@@H](C)CN[C@H](C)[C@H]2NC(=O)O[C@@]21C. The Balaban J connectivity index is 1.63. The Hall–Kier alpha value is -2.53. The highest BCUT2D eigenvalue weighted by Crippen LogP contribution is 2.38. The molecule has 13 nitrogen and oxygen atoms in total. The lowest BCUT2D eigenvalue weighted by molar-refractivity contribution is -0.295. The molecule has 0 bridgehead atoms. The molecule has 4 N–H and O–H groups in total. The van der Waals surface area contributed by atoms with Gasteiger partial charge in [0.1, 0.15) is 18.0 Å². The fraction of sp³-hybridized carbons (Fsp3) is 0.743. The van der Waals surface area contributed by atoms with Gasteiger partial charge in [0.15, 0.2) is 11.9 Å². The van der Waals surface area contributed by atoms with E-state index in [1.807, 2.05) is 46.7 Å². The van der Waals surface area contributed by atoms with Crippen LogP contribution in [0.4, 0.5) is 19.7 Å². The zero-order valence-electron chi connectivity index (χ0n) is 30.6. The Morgan fingerprint density at radius 1 is 1.18 bits per heavy atom. The number of alkyl carbamates (subject to hydrolysis) is 1. The van der Waals surface area contributed by atoms with Crippen LogP contribution in [0.25, 0.3) is 0 Å². The molecule has 3 fully saturated rings. The fourth-order valence-corrected chi connectivity index (χ4v) is 8.16. The minimum absolute atomic E-state index is 0.0207. The van der Waals surface area contributed by atoms with Crippen molar-refractivity contribution in [1.82, 2.24) is 15.5 Å². The standard InChI is InChI=1S/C35H55FN4O9S/c1-10-26-35(6)28(39-32(43)49-35)21(4)37-17-19(2)16-34(5,45-9)29(20(3)30(42)50-33(44)47-26)48-31-27(41)25(40(7)8)15-24(46-31)18-38-23-13-11-12-22(36)14-23/h11-14,19-21,24-29,31,37-38,41H,10,15-18H2,1-9H3,(H,39,43)/t19-,20-,21-,24?,25?,26-,27?,28-,29-,31+,34-,35-/m1/s1. The van der Waals surface area contributed by atoms with Crippen molar-refractivity contribution in [3.63, 3.8) is 0 Å². The van der Waals surface area contributed by atoms with E-state index in [-0.39, 0.29) is 23.8 Å². The topological polar surface area (TPSA) is 157 Å². The van der Waals surface area contributed by atoms with Crippen molar-refractivity contribution in [3.8, 4) is 0 Å². The Bertz CT molecular complexity index is 1340. The van der Waals surface area contributed by atoms with Gasteiger partial charge in [0.2, 0.25) is 5.12 Å². The predicted octanol–water partition coefficient (Wildman–Crippen LogP) is 4.13. The number of nitrogens with one attached hydrogen (secondary N) is 3. The first-order valence-electron chi connectivity index (χ1n) is 17.4. The summed E-state index contributed by atoms with van der Waals surface area (Å²) in [6.07, 6.45) is -3.87. The van der Waals surface area contributed by atoms with Gasteiger partial charge >= 0.3 is 11.4 Å². The van der Waals surface area contributed by atoms with Gasteiger partial charge in [0.25, 0.3) is 0 Å². The molecule has 3 aliphatic heterocycles. The lowest BCUT2D eigenvalue weighted by Crippen LogP contribution is -2.60. The number of benzene rings is 1. The number of anilines is 1. The zero-order valence-corrected chi connectivity index (χ0v) is 31.4. The van der Waals surface area contributed by atoms with Crippen LogP contribution in [0.5, 0.6) is 0 Å². The number of hydrogen-bond acceptors (Lipinski definition) is 13. The first kappa shape index (κ1) is 40.2. The number of likely N-dealkylation sites (N-methyl/N-ethyl adjacent to an activating group) is 1. The van der Waals surface area contributed by atoms with E-state index >= 15 is 0 Å². The molecule has 1 aromatic rings. The maximum Gasteiger partial charge on any atom is 0.408 e. The predicted molar refractivity (Wildman–Crippen MR) is 187 cm³/mol. The van der Waals surface area contributed by atoms with Gasteiger partial charge in [-0.3, -0.25) is 4.79 Å². The average Bonchev–Trinajstić information content (AvgIpc) is 3.38. The van der Waals surface area contributed by atoms with E-state index in [9.17, 15) is 23.9 Å². The van der Waals surface area contributed by atoms with Crippen LogP contribution in [0.2, 0.25) is 0 Å². The molecule has 1 aromatic carbocycles. The third-order valence-corrected chi connectivity index (χ3v) is 11.2. The number of thioether (sulfide) groups is 1. The molecule has 3 heterocycles. The van der Waals surface area contributed by atoms with E-state index in [1.54, 1.807) is 33.1 Å². The summed E-state index contributed by atoms with van der Waals surface area (Å²) in [5.74, 6) is -1.31. The summed E-state index contributed by atoms with van der Waals surface area (Å²) < 4.78 is 44.5. The van der Waals surface area contributed by atoms with Crippen LogP contribution < -0.4 is 16.0 Å². The summed E-state index contributed by atoms with van der Waals surface area (Å²) in [6, 6.07) is 4.97. The number of ether oxygens (including phenoxy) is 5. The van der Waals surface area contributed by atoms with Gasteiger partial charge in [-0.1, -0.05) is 26.8 Å². The highest BCUT2D eigenvalue weighted by molar-refractivity contribution is 8.25. The van der Waals surface area contributed by atoms with Gasteiger partial charge in [0.05, 0.1) is 29.8 Å². The minimum Gasteiger partial charge on any atom is -0.450 e. The third-order valence-electron chi connectivity index (χ3n) is 10.4. The normalized spacial score (nSPS) is 39.1. The maximum atomic E-state index is 13.9. The van der Waals surface area contributed by atoms with Gasteiger partial charge in [-0.2, -0.15) is 0 Å². The summed E-state index contributed by atoms with van der Waals surface area (Å²) in [4.78, 5) is 41.5. The van der Waals surface area contributed by atoms with Gasteiger partial charge in [-0.25, -0.2) is 14.0 Å². The Morgan fingerprint density at radius 2 is 1.90 bits per heavy atom. The number of rotatable bonds is 8. The van der Waals surface area contributed by atoms with Crippen molar-refractivity contribution < 1.29 is 47.6 Å². The first-order valence-corrected chi connectivity index (χ1v) is 18.2. The summed E-state index contributed by atoms with van der Waals surface area (Å²) in [6.45, 7) is 11.9. The van der Waals surface area contributed by atoms with Crippen LogP contribution in [0.15, 0.2) is 24.3 Å². The molecule has 282 valence electrons. The molecule has 12 atom stereocenters. The van der Waals surface area contributed by atoms with Crippen molar-refractivity contribution in [1.29, 1.82) is 0 Å². The number of cyclic esters (lactones) is 1. The Labute approximate surface area is 299 Å². The number of aliphatic hydroxyl groups is 1. The molecule has 4 rings (SSSR count). The smallest absolute Gasteiger partial charge is 0.408 e. The lowest BCUT2D eigenvalue weighted by atomic mass is 9.82. The maximum absolute atomic E-state index is 13.9. The van der Waals surface area contributed by atoms with E-state index in [0.717, 1.165) is 0 Å². The summed E-state index contributed by atoms with van der Waals surface area (Å²) in [7, 11) is 5.26. The van der Waals surface area contributed by atoms with Crippen molar-refractivity contribution in [2.24, 2.45) is 11.8 Å². The van der Waals surface area contributed by atoms with Crippen molar-refractivity contribution in [2.45, 2.75) is 121 Å². The molecule has 3 aliphatic rings. The second-order valence-electron chi connectivity index (χ2n) is 14.5. The number of methoxy groups -OCH3 is 1. The number of hydrogen-bond donors (Lipinski definition) is 4. The van der Waals surface area contributed by atoms with E-state index in [2.05, 4.69) is 16.0 Å². The van der Waals surface area contributed by atoms with Crippen molar-refractivity contribution in [3.05, 3.63) is 30.1 Å². The number of amides is 1. The molecule has 0 aromatic heterocycles. The Morgan fingerprint density at radius 3 is 2.54 bits per heavy atom. The molecule has 0 spiro atoms. The third kappa shape index (κ3) is 9.27. The zero-order chi connectivity index (χ0) is 37.0. The summed E-state index contributed by atoms with van der Waals surface area (Å²) in [5.41, 5.74) is -1.68. The van der Waals surface area contributed by atoms with E-state index in [0.29, 0.717) is 49.8 Å². The summed E-state index contributed by atoms with van der Waals surface area (Å²) >= 11 is 0.420. The number of carbonyl (C=O) groups is 3. The molecule has 0 saturated carbocycles. The fourth-order valence-electron chi connectivity index (χ4n) is 7.52. The van der Waals surface area contributed by atoms with Crippen molar-refractivity contribution >= 4 is 34.0 Å². The monoisotopic (exact) mass is 726 g/mol. The molecule has 3 unspecified atom stereocenters. The van der Waals surface area contributed by atoms with Gasteiger partial charge < -0.3 is 49.6 Å². The molecule has 15 heteroatoms. The second-order valence-corrected chi connectivity index (χ2v) is 15.5. The molecular formula is C35H55FN4O9S. The molecule has 50 heavy (non-hydrogen) atoms. The van der Waals surface area contributed by atoms with Crippen LogP contribution in [-0.2, 0) is 28.5 Å². The van der Waals surface area contributed by atoms with Crippen molar-refractivity contribution in [2.75, 3.05) is 39.6 Å². The molecule has 0 aliphatic carbocycles. The molecular weight excluding hydrogens is 671 g/mol. The van der Waals surface area contributed by atoms with E-state index < -0.39 is 70.4 Å². The molecule has 3 saturated heterocycles. The van der Waals surface area contributed by atoms with Gasteiger partial charge in [-0.05, 0) is 84.8 Å². The van der Waals surface area contributed by atoms with Crippen LogP contribution in [0, 0.1) is 17.7 Å². The largest absolute Gasteiger partial charge is 0.450 e. The number of aliphatic hydroxyl groups excluding tert-OH is 1. The quantitative estimate of drug-likeness (QED) is 0.284. The molecule has 0 radical (unpaired) electrons. The minimum atomic E-state index is -1.18. The number of fused-ring (bicyclic) bond motifs is 1. The highest BCUT2D eigenvalue weighted by Gasteiger charge is 2.55. The van der Waals surface area contributed by atoms with Crippen LogP contribution in [0.1, 0.15) is 60.8 Å².